The molecular weight excluding hydrogens is 364 g/mol. The van der Waals surface area contributed by atoms with E-state index in [9.17, 15) is 19.7 Å². The summed E-state index contributed by atoms with van der Waals surface area (Å²) in [5, 5.41) is 14.5. The highest BCUT2D eigenvalue weighted by Gasteiger charge is 2.18. The van der Waals surface area contributed by atoms with Crippen LogP contribution in [-0.4, -0.2) is 17.9 Å². The first kappa shape index (κ1) is 19.1. The molecular formula is C20H18N2O6. The summed E-state index contributed by atoms with van der Waals surface area (Å²) in [6, 6.07) is 8.78. The number of nitro benzene ring substituents is 1. The number of carbonyl (C=O) groups is 1. The summed E-state index contributed by atoms with van der Waals surface area (Å²) in [4.78, 5) is 34.8. The van der Waals surface area contributed by atoms with Gasteiger partial charge in [-0.25, -0.2) is 9.59 Å². The van der Waals surface area contributed by atoms with Gasteiger partial charge in [-0.15, -0.1) is 0 Å². The van der Waals surface area contributed by atoms with Gasteiger partial charge in [0.05, 0.1) is 10.5 Å². The maximum Gasteiger partial charge on any atom is 0.340 e. The summed E-state index contributed by atoms with van der Waals surface area (Å²) in [5.41, 5.74) is 2.56. The highest BCUT2D eigenvalue weighted by molar-refractivity contribution is 5.96. The van der Waals surface area contributed by atoms with Crippen LogP contribution in [0.25, 0.3) is 11.0 Å². The molecule has 8 heteroatoms. The van der Waals surface area contributed by atoms with Gasteiger partial charge in [-0.2, -0.15) is 0 Å². The predicted molar refractivity (Wildman–Crippen MR) is 104 cm³/mol. The largest absolute Gasteiger partial charge is 0.457 e. The van der Waals surface area contributed by atoms with Crippen LogP contribution in [0.2, 0.25) is 0 Å². The van der Waals surface area contributed by atoms with Crippen LogP contribution in [0.15, 0.2) is 45.6 Å². The molecule has 0 atom stereocenters. The topological polar surface area (TPSA) is 112 Å². The standard InChI is InChI=1S/C20H18N2O6/c1-11-6-15-13(8-19(23)28-18(15)7-12(11)2)10-27-20(24)16-9-14(22(25)26)4-5-17(16)21-3/h4-9,21H,10H2,1-3H3. The lowest BCUT2D eigenvalue weighted by Crippen LogP contribution is -2.10. The zero-order valence-corrected chi connectivity index (χ0v) is 15.6. The molecule has 0 radical (unpaired) electrons. The number of nitrogens with zero attached hydrogens (tertiary/aromatic N) is 1. The molecule has 0 amide bonds. The summed E-state index contributed by atoms with van der Waals surface area (Å²) in [7, 11) is 1.60. The Balaban J connectivity index is 1.93. The smallest absolute Gasteiger partial charge is 0.340 e. The lowest BCUT2D eigenvalue weighted by molar-refractivity contribution is -0.384. The number of hydrogen-bond acceptors (Lipinski definition) is 7. The van der Waals surface area contributed by atoms with Crippen molar-refractivity contribution in [1.82, 2.24) is 0 Å². The van der Waals surface area contributed by atoms with Crippen molar-refractivity contribution in [3.63, 3.8) is 0 Å². The summed E-state index contributed by atoms with van der Waals surface area (Å²) in [6.07, 6.45) is 0. The van der Waals surface area contributed by atoms with Crippen LogP contribution in [0.5, 0.6) is 0 Å². The van der Waals surface area contributed by atoms with Crippen LogP contribution in [-0.2, 0) is 11.3 Å². The third kappa shape index (κ3) is 3.71. The number of rotatable bonds is 5. The molecule has 1 heterocycles. The average Bonchev–Trinajstić information content (AvgIpc) is 2.66. The minimum atomic E-state index is -0.738. The summed E-state index contributed by atoms with van der Waals surface area (Å²) >= 11 is 0. The van der Waals surface area contributed by atoms with E-state index in [2.05, 4.69) is 5.32 Å². The molecule has 0 saturated heterocycles. The van der Waals surface area contributed by atoms with E-state index < -0.39 is 16.5 Å². The summed E-state index contributed by atoms with van der Waals surface area (Å²) < 4.78 is 10.6. The molecule has 0 spiro atoms. The quantitative estimate of drug-likeness (QED) is 0.310. The summed E-state index contributed by atoms with van der Waals surface area (Å²) in [6.45, 7) is 3.66. The Morgan fingerprint density at radius 2 is 1.89 bits per heavy atom. The van der Waals surface area contributed by atoms with Crippen molar-refractivity contribution in [2.24, 2.45) is 0 Å². The zero-order valence-electron chi connectivity index (χ0n) is 15.6. The molecule has 3 rings (SSSR count). The van der Waals surface area contributed by atoms with Gasteiger partial charge < -0.3 is 14.5 Å². The van der Waals surface area contributed by atoms with Crippen molar-refractivity contribution in [3.05, 3.63) is 79.2 Å². The normalized spacial score (nSPS) is 10.7. The van der Waals surface area contributed by atoms with E-state index in [4.69, 9.17) is 9.15 Å². The maximum absolute atomic E-state index is 12.5. The highest BCUT2D eigenvalue weighted by atomic mass is 16.6. The van der Waals surface area contributed by atoms with Gasteiger partial charge in [-0.05, 0) is 43.2 Å². The molecule has 0 bridgehead atoms. The van der Waals surface area contributed by atoms with Crippen LogP contribution >= 0.6 is 0 Å². The number of nitrogens with one attached hydrogen (secondary N) is 1. The van der Waals surface area contributed by atoms with Crippen molar-refractivity contribution in [1.29, 1.82) is 0 Å². The van der Waals surface area contributed by atoms with E-state index in [1.54, 1.807) is 13.1 Å². The number of hydrogen-bond donors (Lipinski definition) is 1. The van der Waals surface area contributed by atoms with Gasteiger partial charge in [-0.1, -0.05) is 0 Å². The third-order valence-corrected chi connectivity index (χ3v) is 4.51. The Bertz CT molecular complexity index is 1150. The molecule has 0 aliphatic carbocycles. The van der Waals surface area contributed by atoms with Crippen molar-refractivity contribution in [2.75, 3.05) is 12.4 Å². The number of esters is 1. The number of nitro groups is 1. The number of ether oxygens (including phenoxy) is 1. The number of anilines is 1. The number of fused-ring (bicyclic) bond motifs is 1. The minimum absolute atomic E-state index is 0.0380. The van der Waals surface area contributed by atoms with Crippen LogP contribution in [0.3, 0.4) is 0 Å². The average molecular weight is 382 g/mol. The van der Waals surface area contributed by atoms with Crippen molar-refractivity contribution >= 4 is 28.3 Å². The van der Waals surface area contributed by atoms with Gasteiger partial charge >= 0.3 is 11.6 Å². The Hall–Kier alpha value is -3.68. The Morgan fingerprint density at radius 1 is 1.18 bits per heavy atom. The van der Waals surface area contributed by atoms with Crippen LogP contribution in [0, 0.1) is 24.0 Å². The number of aryl methyl sites for hydroxylation is 2. The van der Waals surface area contributed by atoms with E-state index in [1.165, 1.54) is 18.2 Å². The first-order valence-electron chi connectivity index (χ1n) is 8.47. The van der Waals surface area contributed by atoms with Crippen LogP contribution in [0.4, 0.5) is 11.4 Å². The number of benzene rings is 2. The van der Waals surface area contributed by atoms with Gasteiger partial charge in [0.25, 0.3) is 5.69 Å². The first-order chi connectivity index (χ1) is 13.3. The molecule has 28 heavy (non-hydrogen) atoms. The number of non-ortho nitro benzene ring substituents is 1. The Kier molecular flexibility index (Phi) is 5.12. The fraction of sp³-hybridized carbons (Fsp3) is 0.200. The minimum Gasteiger partial charge on any atom is -0.457 e. The SMILES string of the molecule is CNc1ccc([N+](=O)[O-])cc1C(=O)OCc1cc(=O)oc2cc(C)c(C)cc12. The molecule has 0 aliphatic rings. The summed E-state index contributed by atoms with van der Waals surface area (Å²) in [5.74, 6) is -0.738. The molecule has 0 aliphatic heterocycles. The molecule has 2 aromatic carbocycles. The van der Waals surface area contributed by atoms with Gasteiger partial charge in [0, 0.05) is 41.9 Å². The van der Waals surface area contributed by atoms with Gasteiger partial charge in [0.2, 0.25) is 0 Å². The van der Waals surface area contributed by atoms with E-state index in [1.807, 2.05) is 19.9 Å². The fourth-order valence-electron chi connectivity index (χ4n) is 2.86. The zero-order chi connectivity index (χ0) is 20.4. The maximum atomic E-state index is 12.5. The molecule has 8 nitrogen and oxygen atoms in total. The van der Waals surface area contributed by atoms with E-state index in [-0.39, 0.29) is 17.9 Å². The Labute approximate surface area is 159 Å². The first-order valence-corrected chi connectivity index (χ1v) is 8.47. The second kappa shape index (κ2) is 7.51. The lowest BCUT2D eigenvalue weighted by atomic mass is 10.0. The van der Waals surface area contributed by atoms with E-state index in [0.717, 1.165) is 17.2 Å². The second-order valence-electron chi connectivity index (χ2n) is 6.34. The Morgan fingerprint density at radius 3 is 2.57 bits per heavy atom. The fourth-order valence-corrected chi connectivity index (χ4v) is 2.86. The van der Waals surface area contributed by atoms with Crippen molar-refractivity contribution in [2.45, 2.75) is 20.5 Å². The molecule has 0 fully saturated rings. The van der Waals surface area contributed by atoms with Crippen LogP contribution in [0.1, 0.15) is 27.0 Å². The van der Waals surface area contributed by atoms with Crippen LogP contribution < -0.4 is 10.9 Å². The molecule has 144 valence electrons. The van der Waals surface area contributed by atoms with E-state index in [0.29, 0.717) is 22.2 Å². The molecule has 0 unspecified atom stereocenters. The highest BCUT2D eigenvalue weighted by Crippen LogP contribution is 2.25. The molecule has 1 N–H and O–H groups in total. The molecule has 3 aromatic rings. The predicted octanol–water partition coefficient (Wildman–Crippen LogP) is 3.72. The van der Waals surface area contributed by atoms with Gasteiger partial charge in [0.15, 0.2) is 0 Å². The monoisotopic (exact) mass is 382 g/mol. The van der Waals surface area contributed by atoms with E-state index >= 15 is 0 Å². The van der Waals surface area contributed by atoms with Gasteiger partial charge in [-0.3, -0.25) is 10.1 Å². The second-order valence-corrected chi connectivity index (χ2v) is 6.34. The van der Waals surface area contributed by atoms with Crippen molar-refractivity contribution in [3.8, 4) is 0 Å². The van der Waals surface area contributed by atoms with Gasteiger partial charge in [0.1, 0.15) is 12.2 Å². The molecule has 0 saturated carbocycles. The van der Waals surface area contributed by atoms with Crippen molar-refractivity contribution < 1.29 is 18.9 Å². The lowest BCUT2D eigenvalue weighted by Gasteiger charge is -2.11. The number of carbonyl (C=O) groups excluding carboxylic acids is 1. The third-order valence-electron chi connectivity index (χ3n) is 4.51. The molecule has 1 aromatic heterocycles.